The number of fused-ring (bicyclic) bond motifs is 1. The van der Waals surface area contributed by atoms with Crippen LogP contribution >= 0.6 is 0 Å². The number of hydrogen-bond donors (Lipinski definition) is 1. The fourth-order valence-electron chi connectivity index (χ4n) is 3.22. The monoisotopic (exact) mass is 395 g/mol. The van der Waals surface area contributed by atoms with Gasteiger partial charge in [0.25, 0.3) is 5.56 Å². The molecular formula is C23H17N5O2. The molecule has 7 nitrogen and oxygen atoms in total. The van der Waals surface area contributed by atoms with Gasteiger partial charge in [0.15, 0.2) is 11.3 Å². The third-order valence-corrected chi connectivity index (χ3v) is 4.71. The van der Waals surface area contributed by atoms with Crippen LogP contribution in [0.3, 0.4) is 0 Å². The predicted octanol–water partition coefficient (Wildman–Crippen LogP) is 5.70. The van der Waals surface area contributed by atoms with E-state index < -0.39 is 0 Å². The van der Waals surface area contributed by atoms with Gasteiger partial charge in [0.1, 0.15) is 5.52 Å². The van der Waals surface area contributed by atoms with E-state index in [4.69, 9.17) is 4.42 Å². The van der Waals surface area contributed by atoms with E-state index >= 15 is 0 Å². The van der Waals surface area contributed by atoms with Crippen molar-refractivity contribution >= 4 is 22.5 Å². The zero-order valence-corrected chi connectivity index (χ0v) is 16.1. The summed E-state index contributed by atoms with van der Waals surface area (Å²) in [5.74, 6) is 0.512. The number of aromatic nitrogens is 3. The lowest BCUT2D eigenvalue weighted by Gasteiger charge is -1.99. The molecule has 2 heterocycles. The third-order valence-electron chi connectivity index (χ3n) is 4.71. The lowest BCUT2D eigenvalue weighted by Crippen LogP contribution is -2.13. The molecule has 30 heavy (non-hydrogen) atoms. The maximum Gasteiger partial charge on any atom is 0.299 e. The number of oxazole rings is 1. The summed E-state index contributed by atoms with van der Waals surface area (Å²) in [6.45, 7) is 1.80. The summed E-state index contributed by atoms with van der Waals surface area (Å²) in [5, 5.41) is 11.5. The number of nitrogens with zero attached hydrogens (tertiary/aromatic N) is 4. The highest BCUT2D eigenvalue weighted by molar-refractivity contribution is 5.76. The Morgan fingerprint density at radius 1 is 0.933 bits per heavy atom. The first-order valence-corrected chi connectivity index (χ1v) is 9.44. The summed E-state index contributed by atoms with van der Waals surface area (Å²) in [6, 6.07) is 24.3. The van der Waals surface area contributed by atoms with Crippen LogP contribution in [0.1, 0.15) is 5.69 Å². The zero-order chi connectivity index (χ0) is 20.5. The highest BCUT2D eigenvalue weighted by Gasteiger charge is 2.12. The lowest BCUT2D eigenvalue weighted by molar-refractivity contribution is 0.620. The Bertz CT molecular complexity index is 1390. The van der Waals surface area contributed by atoms with Gasteiger partial charge in [-0.05, 0) is 49.4 Å². The Morgan fingerprint density at radius 2 is 1.73 bits per heavy atom. The maximum absolute atomic E-state index is 12.8. The molecule has 0 unspecified atom stereocenters. The molecule has 0 fully saturated rings. The van der Waals surface area contributed by atoms with E-state index in [1.54, 1.807) is 6.92 Å². The van der Waals surface area contributed by atoms with Crippen molar-refractivity contribution in [2.24, 2.45) is 10.2 Å². The van der Waals surface area contributed by atoms with Crippen molar-refractivity contribution in [1.29, 1.82) is 0 Å². The van der Waals surface area contributed by atoms with Crippen LogP contribution in [-0.4, -0.2) is 14.8 Å². The van der Waals surface area contributed by atoms with E-state index in [0.29, 0.717) is 17.3 Å². The molecule has 0 aliphatic heterocycles. The summed E-state index contributed by atoms with van der Waals surface area (Å²) in [6.07, 6.45) is 0. The predicted molar refractivity (Wildman–Crippen MR) is 115 cm³/mol. The molecule has 0 atom stereocenters. The minimum atomic E-state index is -0.252. The number of H-pyrrole nitrogens is 1. The number of rotatable bonds is 4. The van der Waals surface area contributed by atoms with Gasteiger partial charge >= 0.3 is 0 Å². The molecule has 7 heteroatoms. The van der Waals surface area contributed by atoms with E-state index in [1.807, 2.05) is 78.9 Å². The fourth-order valence-corrected chi connectivity index (χ4v) is 3.22. The zero-order valence-electron chi connectivity index (χ0n) is 16.1. The van der Waals surface area contributed by atoms with Gasteiger partial charge in [0.05, 0.1) is 17.1 Å². The summed E-state index contributed by atoms with van der Waals surface area (Å²) < 4.78 is 7.28. The Hall–Kier alpha value is -4.26. The number of aromatic amines is 1. The Morgan fingerprint density at radius 3 is 2.57 bits per heavy atom. The molecule has 0 aliphatic rings. The minimum Gasteiger partial charge on any atom is -0.436 e. The van der Waals surface area contributed by atoms with Crippen LogP contribution in [0.15, 0.2) is 98.3 Å². The molecule has 2 aromatic heterocycles. The SMILES string of the molecule is Cc1[nH]n(-c2ccccc2)c(=O)c1N=Nc1cccc(-c2nc3ccccc3o2)c1. The van der Waals surface area contributed by atoms with Gasteiger partial charge in [-0.1, -0.05) is 36.4 Å². The number of azo groups is 1. The molecule has 146 valence electrons. The van der Waals surface area contributed by atoms with E-state index in [9.17, 15) is 4.79 Å². The molecule has 0 radical (unpaired) electrons. The molecule has 1 N–H and O–H groups in total. The van der Waals surface area contributed by atoms with Crippen LogP contribution in [0.5, 0.6) is 0 Å². The summed E-state index contributed by atoms with van der Waals surface area (Å²) in [4.78, 5) is 17.3. The first-order chi connectivity index (χ1) is 14.7. The molecular weight excluding hydrogens is 378 g/mol. The first kappa shape index (κ1) is 17.8. The van der Waals surface area contributed by atoms with Crippen molar-refractivity contribution in [2.45, 2.75) is 6.92 Å². The van der Waals surface area contributed by atoms with Gasteiger partial charge in [-0.3, -0.25) is 9.89 Å². The molecule has 0 amide bonds. The minimum absolute atomic E-state index is 0.252. The number of benzene rings is 3. The molecule has 0 bridgehead atoms. The van der Waals surface area contributed by atoms with Crippen molar-refractivity contribution in [1.82, 2.24) is 14.8 Å². The average molecular weight is 395 g/mol. The van der Waals surface area contributed by atoms with Crippen molar-refractivity contribution < 1.29 is 4.42 Å². The molecule has 5 aromatic rings. The van der Waals surface area contributed by atoms with E-state index in [2.05, 4.69) is 20.3 Å². The molecule has 5 rings (SSSR count). The van der Waals surface area contributed by atoms with Crippen molar-refractivity contribution in [3.63, 3.8) is 0 Å². The van der Waals surface area contributed by atoms with Gasteiger partial charge < -0.3 is 4.42 Å². The second-order valence-corrected chi connectivity index (χ2v) is 6.80. The number of aryl methyl sites for hydroxylation is 1. The quantitative estimate of drug-likeness (QED) is 0.396. The van der Waals surface area contributed by atoms with E-state index in [0.717, 1.165) is 22.4 Å². The highest BCUT2D eigenvalue weighted by Crippen LogP contribution is 2.28. The van der Waals surface area contributed by atoms with Gasteiger partial charge in [-0.15, -0.1) is 5.11 Å². The van der Waals surface area contributed by atoms with Gasteiger partial charge in [0.2, 0.25) is 5.89 Å². The molecule has 0 saturated carbocycles. The van der Waals surface area contributed by atoms with Gasteiger partial charge in [-0.25, -0.2) is 9.67 Å². The van der Waals surface area contributed by atoms with Crippen molar-refractivity contribution in [3.05, 3.63) is 94.9 Å². The molecule has 3 aromatic carbocycles. The Kier molecular flexibility index (Phi) is 4.33. The van der Waals surface area contributed by atoms with E-state index in [1.165, 1.54) is 4.68 Å². The number of hydrogen-bond acceptors (Lipinski definition) is 5. The summed E-state index contributed by atoms with van der Waals surface area (Å²) in [7, 11) is 0. The topological polar surface area (TPSA) is 88.5 Å². The largest absolute Gasteiger partial charge is 0.436 e. The first-order valence-electron chi connectivity index (χ1n) is 9.44. The summed E-state index contributed by atoms with van der Waals surface area (Å²) >= 11 is 0. The van der Waals surface area contributed by atoms with Crippen LogP contribution in [-0.2, 0) is 0 Å². The molecule has 0 saturated heterocycles. The van der Waals surface area contributed by atoms with E-state index in [-0.39, 0.29) is 11.2 Å². The third kappa shape index (κ3) is 3.22. The number of nitrogens with one attached hydrogen (secondary N) is 1. The Balaban J connectivity index is 1.47. The second kappa shape index (κ2) is 7.29. The van der Waals surface area contributed by atoms with Crippen LogP contribution in [0.2, 0.25) is 0 Å². The number of para-hydroxylation sites is 3. The molecule has 0 aliphatic carbocycles. The van der Waals surface area contributed by atoms with Crippen LogP contribution in [0.25, 0.3) is 28.2 Å². The van der Waals surface area contributed by atoms with Crippen LogP contribution in [0, 0.1) is 6.92 Å². The lowest BCUT2D eigenvalue weighted by atomic mass is 10.2. The van der Waals surface area contributed by atoms with Crippen LogP contribution < -0.4 is 5.56 Å². The Labute approximate surface area is 171 Å². The molecule has 0 spiro atoms. The fraction of sp³-hybridized carbons (Fsp3) is 0.0435. The second-order valence-electron chi connectivity index (χ2n) is 6.80. The normalized spacial score (nSPS) is 11.5. The standard InChI is InChI=1S/C23H17N5O2/c1-15-21(23(29)28(27-15)18-10-3-2-4-11-18)26-25-17-9-7-8-16(14-17)22-24-19-12-5-6-13-20(19)30-22/h2-14,27H,1H3. The average Bonchev–Trinajstić information content (AvgIpc) is 3.34. The highest BCUT2D eigenvalue weighted by atomic mass is 16.3. The maximum atomic E-state index is 12.8. The van der Waals surface area contributed by atoms with Crippen LogP contribution in [0.4, 0.5) is 11.4 Å². The van der Waals surface area contributed by atoms with Gasteiger partial charge in [-0.2, -0.15) is 5.11 Å². The summed E-state index contributed by atoms with van der Waals surface area (Å²) in [5.41, 5.74) is 4.31. The van der Waals surface area contributed by atoms with Crippen molar-refractivity contribution in [2.75, 3.05) is 0 Å². The smallest absolute Gasteiger partial charge is 0.299 e. The van der Waals surface area contributed by atoms with Crippen molar-refractivity contribution in [3.8, 4) is 17.1 Å². The van der Waals surface area contributed by atoms with Gasteiger partial charge in [0, 0.05) is 5.56 Å².